The average molecular weight is 265 g/mol. The SMILES string of the molecule is CC/C=C1\CCN(S(=O)(=O)c2ccc(C)cc2)C1. The Kier molecular flexibility index (Phi) is 3.88. The van der Waals surface area contributed by atoms with Crippen LogP contribution in [0.2, 0.25) is 0 Å². The summed E-state index contributed by atoms with van der Waals surface area (Å²) in [6.07, 6.45) is 3.96. The molecule has 98 valence electrons. The second-order valence-electron chi connectivity index (χ2n) is 4.67. The fourth-order valence-corrected chi connectivity index (χ4v) is 3.62. The summed E-state index contributed by atoms with van der Waals surface area (Å²) in [6.45, 7) is 5.17. The van der Waals surface area contributed by atoms with Crippen LogP contribution < -0.4 is 0 Å². The van der Waals surface area contributed by atoms with Gasteiger partial charge in [-0.3, -0.25) is 0 Å². The fourth-order valence-electron chi connectivity index (χ4n) is 2.17. The molecular weight excluding hydrogens is 246 g/mol. The van der Waals surface area contributed by atoms with Gasteiger partial charge >= 0.3 is 0 Å². The smallest absolute Gasteiger partial charge is 0.207 e. The fraction of sp³-hybridized carbons (Fsp3) is 0.429. The highest BCUT2D eigenvalue weighted by atomic mass is 32.2. The number of aryl methyl sites for hydroxylation is 1. The summed E-state index contributed by atoms with van der Waals surface area (Å²) in [7, 11) is -3.31. The molecule has 0 saturated carbocycles. The minimum atomic E-state index is -3.31. The molecule has 18 heavy (non-hydrogen) atoms. The lowest BCUT2D eigenvalue weighted by Crippen LogP contribution is -2.28. The molecule has 0 N–H and O–H groups in total. The molecule has 0 spiro atoms. The molecule has 1 saturated heterocycles. The standard InChI is InChI=1S/C14H19NO2S/c1-3-4-13-9-10-15(11-13)18(16,17)14-7-5-12(2)6-8-14/h4-8H,3,9-11H2,1-2H3/b13-4+. The highest BCUT2D eigenvalue weighted by Crippen LogP contribution is 2.24. The van der Waals surface area contributed by atoms with Crippen LogP contribution in [0.15, 0.2) is 40.8 Å². The Morgan fingerprint density at radius 2 is 1.94 bits per heavy atom. The van der Waals surface area contributed by atoms with Crippen molar-refractivity contribution in [2.75, 3.05) is 13.1 Å². The molecule has 1 aromatic carbocycles. The van der Waals surface area contributed by atoms with E-state index in [0.717, 1.165) is 18.4 Å². The highest BCUT2D eigenvalue weighted by Gasteiger charge is 2.28. The van der Waals surface area contributed by atoms with Crippen LogP contribution in [0, 0.1) is 6.92 Å². The van der Waals surface area contributed by atoms with Crippen LogP contribution >= 0.6 is 0 Å². The van der Waals surface area contributed by atoms with Crippen LogP contribution in [-0.4, -0.2) is 25.8 Å². The molecule has 1 aromatic rings. The van der Waals surface area contributed by atoms with Gasteiger partial charge < -0.3 is 0 Å². The summed E-state index contributed by atoms with van der Waals surface area (Å²) in [5.41, 5.74) is 2.30. The van der Waals surface area contributed by atoms with Crippen molar-refractivity contribution >= 4 is 10.0 Å². The Morgan fingerprint density at radius 3 is 2.56 bits per heavy atom. The zero-order valence-electron chi connectivity index (χ0n) is 10.9. The number of hydrogen-bond donors (Lipinski definition) is 0. The molecule has 0 aliphatic carbocycles. The van der Waals surface area contributed by atoms with E-state index in [4.69, 9.17) is 0 Å². The number of benzene rings is 1. The number of nitrogens with zero attached hydrogens (tertiary/aromatic N) is 1. The molecule has 0 atom stereocenters. The van der Waals surface area contributed by atoms with Crippen molar-refractivity contribution in [3.8, 4) is 0 Å². The molecule has 1 heterocycles. The predicted octanol–water partition coefficient (Wildman–Crippen LogP) is 2.73. The molecule has 0 aromatic heterocycles. The maximum Gasteiger partial charge on any atom is 0.243 e. The largest absolute Gasteiger partial charge is 0.243 e. The normalized spacial score (nSPS) is 19.6. The van der Waals surface area contributed by atoms with Crippen LogP contribution in [0.25, 0.3) is 0 Å². The Hall–Kier alpha value is -1.13. The van der Waals surface area contributed by atoms with Gasteiger partial charge in [0.15, 0.2) is 0 Å². The lowest BCUT2D eigenvalue weighted by Gasteiger charge is -2.15. The Morgan fingerprint density at radius 1 is 1.28 bits per heavy atom. The summed E-state index contributed by atoms with van der Waals surface area (Å²) in [5, 5.41) is 0. The van der Waals surface area contributed by atoms with E-state index in [-0.39, 0.29) is 0 Å². The van der Waals surface area contributed by atoms with Crippen molar-refractivity contribution in [1.29, 1.82) is 0 Å². The van der Waals surface area contributed by atoms with E-state index >= 15 is 0 Å². The first-order chi connectivity index (χ1) is 8.54. The molecule has 1 aliphatic rings. The summed E-state index contributed by atoms with van der Waals surface area (Å²) in [4.78, 5) is 0.394. The summed E-state index contributed by atoms with van der Waals surface area (Å²) in [6, 6.07) is 7.05. The molecule has 0 unspecified atom stereocenters. The lowest BCUT2D eigenvalue weighted by atomic mass is 10.2. The molecule has 0 bridgehead atoms. The van der Waals surface area contributed by atoms with Crippen molar-refractivity contribution in [3.05, 3.63) is 41.5 Å². The molecule has 3 nitrogen and oxygen atoms in total. The number of hydrogen-bond acceptors (Lipinski definition) is 2. The van der Waals surface area contributed by atoms with E-state index in [1.54, 1.807) is 16.4 Å². The van der Waals surface area contributed by atoms with Crippen molar-refractivity contribution in [2.24, 2.45) is 0 Å². The molecule has 1 aliphatic heterocycles. The monoisotopic (exact) mass is 265 g/mol. The first-order valence-corrected chi connectivity index (χ1v) is 7.73. The van der Waals surface area contributed by atoms with Gasteiger partial charge in [0, 0.05) is 13.1 Å². The van der Waals surface area contributed by atoms with Crippen LogP contribution in [0.4, 0.5) is 0 Å². The minimum Gasteiger partial charge on any atom is -0.207 e. The van der Waals surface area contributed by atoms with Crippen LogP contribution in [0.5, 0.6) is 0 Å². The summed E-state index contributed by atoms with van der Waals surface area (Å²) < 4.78 is 26.4. The molecular formula is C14H19NO2S. The number of rotatable bonds is 3. The van der Waals surface area contributed by atoms with E-state index in [1.807, 2.05) is 19.1 Å². The quantitative estimate of drug-likeness (QED) is 0.788. The van der Waals surface area contributed by atoms with E-state index < -0.39 is 10.0 Å². The molecule has 0 radical (unpaired) electrons. The average Bonchev–Trinajstić information content (AvgIpc) is 2.79. The van der Waals surface area contributed by atoms with Crippen molar-refractivity contribution in [3.63, 3.8) is 0 Å². The Labute approximate surface area is 109 Å². The predicted molar refractivity (Wildman–Crippen MR) is 72.9 cm³/mol. The number of sulfonamides is 1. The van der Waals surface area contributed by atoms with Gasteiger partial charge in [-0.25, -0.2) is 8.42 Å². The topological polar surface area (TPSA) is 37.4 Å². The second-order valence-corrected chi connectivity index (χ2v) is 6.61. The van der Waals surface area contributed by atoms with E-state index in [1.165, 1.54) is 5.57 Å². The minimum absolute atomic E-state index is 0.394. The van der Waals surface area contributed by atoms with Gasteiger partial charge in [0.25, 0.3) is 0 Å². The van der Waals surface area contributed by atoms with Gasteiger partial charge in [0.2, 0.25) is 10.0 Å². The third-order valence-electron chi connectivity index (χ3n) is 3.21. The van der Waals surface area contributed by atoms with Gasteiger partial charge in [-0.05, 0) is 31.9 Å². The maximum absolute atomic E-state index is 12.4. The zero-order chi connectivity index (χ0) is 13.2. The van der Waals surface area contributed by atoms with Crippen LogP contribution in [0.3, 0.4) is 0 Å². The summed E-state index contributed by atoms with van der Waals surface area (Å²) in [5.74, 6) is 0. The second kappa shape index (κ2) is 5.24. The maximum atomic E-state index is 12.4. The highest BCUT2D eigenvalue weighted by molar-refractivity contribution is 7.89. The van der Waals surface area contributed by atoms with Gasteiger partial charge in [-0.2, -0.15) is 4.31 Å². The van der Waals surface area contributed by atoms with E-state index in [0.29, 0.717) is 18.0 Å². The van der Waals surface area contributed by atoms with Gasteiger partial charge in [-0.15, -0.1) is 0 Å². The van der Waals surface area contributed by atoms with Crippen molar-refractivity contribution in [2.45, 2.75) is 31.6 Å². The third kappa shape index (κ3) is 2.65. The zero-order valence-corrected chi connectivity index (χ0v) is 11.7. The van der Waals surface area contributed by atoms with Crippen molar-refractivity contribution < 1.29 is 8.42 Å². The Balaban J connectivity index is 2.23. The third-order valence-corrected chi connectivity index (χ3v) is 5.07. The first-order valence-electron chi connectivity index (χ1n) is 6.28. The molecule has 2 rings (SSSR count). The number of allylic oxidation sites excluding steroid dienone is 1. The van der Waals surface area contributed by atoms with Crippen molar-refractivity contribution in [1.82, 2.24) is 4.31 Å². The van der Waals surface area contributed by atoms with E-state index in [2.05, 4.69) is 13.0 Å². The van der Waals surface area contributed by atoms with Crippen LogP contribution in [0.1, 0.15) is 25.3 Å². The van der Waals surface area contributed by atoms with Gasteiger partial charge in [-0.1, -0.05) is 36.3 Å². The molecule has 1 fully saturated rings. The molecule has 4 heteroatoms. The lowest BCUT2D eigenvalue weighted by molar-refractivity contribution is 0.481. The first kappa shape index (κ1) is 13.3. The Bertz CT molecular complexity index is 544. The van der Waals surface area contributed by atoms with Gasteiger partial charge in [0.1, 0.15) is 0 Å². The van der Waals surface area contributed by atoms with E-state index in [9.17, 15) is 8.42 Å². The van der Waals surface area contributed by atoms with Crippen LogP contribution in [-0.2, 0) is 10.0 Å². The van der Waals surface area contributed by atoms with Gasteiger partial charge in [0.05, 0.1) is 4.90 Å². The molecule has 0 amide bonds. The summed E-state index contributed by atoms with van der Waals surface area (Å²) >= 11 is 0.